The summed E-state index contributed by atoms with van der Waals surface area (Å²) in [5, 5.41) is 11.7. The molecule has 26 heavy (non-hydrogen) atoms. The molecule has 0 aliphatic carbocycles. The third-order valence-corrected chi connectivity index (χ3v) is 4.85. The van der Waals surface area contributed by atoms with Crippen molar-refractivity contribution in [3.05, 3.63) is 63.1 Å². The molecule has 0 saturated heterocycles. The van der Waals surface area contributed by atoms with Crippen molar-refractivity contribution in [2.75, 3.05) is 6.61 Å². The molecular formula is C20H20N2O3S. The molecule has 0 aliphatic heterocycles. The Morgan fingerprint density at radius 2 is 1.96 bits per heavy atom. The molecule has 0 radical (unpaired) electrons. The second-order valence-corrected chi connectivity index (χ2v) is 7.46. The highest BCUT2D eigenvalue weighted by atomic mass is 32.1. The first-order chi connectivity index (χ1) is 12.5. The number of non-ortho nitro benzene ring substituents is 1. The van der Waals surface area contributed by atoms with Crippen LogP contribution in [0.15, 0.2) is 42.5 Å². The highest BCUT2D eigenvalue weighted by molar-refractivity contribution is 7.19. The maximum Gasteiger partial charge on any atom is 0.270 e. The van der Waals surface area contributed by atoms with Gasteiger partial charge < -0.3 is 4.74 Å². The van der Waals surface area contributed by atoms with E-state index in [2.05, 4.69) is 18.8 Å². The quantitative estimate of drug-likeness (QED) is 0.390. The number of aromatic nitrogens is 1. The van der Waals surface area contributed by atoms with Crippen molar-refractivity contribution < 1.29 is 9.66 Å². The molecular weight excluding hydrogens is 348 g/mol. The smallest absolute Gasteiger partial charge is 0.270 e. The van der Waals surface area contributed by atoms with Crippen LogP contribution in [0.4, 0.5) is 5.69 Å². The number of nitro benzene ring substituents is 1. The van der Waals surface area contributed by atoms with Crippen LogP contribution in [0.25, 0.3) is 22.4 Å². The van der Waals surface area contributed by atoms with Crippen LogP contribution in [0, 0.1) is 16.0 Å². The molecule has 0 amide bonds. The lowest BCUT2D eigenvalue weighted by Gasteiger charge is -2.07. The van der Waals surface area contributed by atoms with Gasteiger partial charge in [0.05, 0.1) is 21.7 Å². The first-order valence-corrected chi connectivity index (χ1v) is 9.29. The predicted octanol–water partition coefficient (Wildman–Crippen LogP) is 5.80. The molecule has 0 atom stereocenters. The summed E-state index contributed by atoms with van der Waals surface area (Å²) < 4.78 is 6.53. The minimum atomic E-state index is -0.389. The molecule has 0 fully saturated rings. The Kier molecular flexibility index (Phi) is 5.63. The average Bonchev–Trinajstić information content (AvgIpc) is 3.02. The normalized spacial score (nSPS) is 11.5. The van der Waals surface area contributed by atoms with E-state index >= 15 is 0 Å². The molecule has 0 unspecified atom stereocenters. The van der Waals surface area contributed by atoms with Gasteiger partial charge in [-0.2, -0.15) is 0 Å². The molecule has 0 spiro atoms. The van der Waals surface area contributed by atoms with Gasteiger partial charge in [0, 0.05) is 12.1 Å². The number of nitro groups is 1. The Bertz CT molecular complexity index is 930. The molecule has 1 heterocycles. The number of benzene rings is 2. The number of thiazole rings is 1. The minimum Gasteiger partial charge on any atom is -0.494 e. The van der Waals surface area contributed by atoms with E-state index in [9.17, 15) is 10.1 Å². The molecule has 0 bridgehead atoms. The lowest BCUT2D eigenvalue weighted by atomic mass is 10.1. The van der Waals surface area contributed by atoms with E-state index in [4.69, 9.17) is 4.74 Å². The van der Waals surface area contributed by atoms with Crippen molar-refractivity contribution in [3.8, 4) is 5.75 Å². The van der Waals surface area contributed by atoms with Crippen LogP contribution >= 0.6 is 11.3 Å². The van der Waals surface area contributed by atoms with Gasteiger partial charge in [0.25, 0.3) is 5.69 Å². The second kappa shape index (κ2) is 8.10. The lowest BCUT2D eigenvalue weighted by Crippen LogP contribution is -2.01. The minimum absolute atomic E-state index is 0.0877. The third kappa shape index (κ3) is 4.67. The number of rotatable bonds is 7. The van der Waals surface area contributed by atoms with E-state index in [0.717, 1.165) is 39.6 Å². The van der Waals surface area contributed by atoms with E-state index in [1.165, 1.54) is 17.4 Å². The highest BCUT2D eigenvalue weighted by Crippen LogP contribution is 2.27. The summed E-state index contributed by atoms with van der Waals surface area (Å²) in [5.74, 6) is 1.50. The summed E-state index contributed by atoms with van der Waals surface area (Å²) in [4.78, 5) is 15.0. The first kappa shape index (κ1) is 18.1. The number of hydrogen-bond acceptors (Lipinski definition) is 5. The molecule has 3 aromatic rings. The Hall–Kier alpha value is -2.73. The van der Waals surface area contributed by atoms with Crippen molar-refractivity contribution in [1.29, 1.82) is 0 Å². The van der Waals surface area contributed by atoms with Gasteiger partial charge in [0.15, 0.2) is 0 Å². The molecule has 3 rings (SSSR count). The van der Waals surface area contributed by atoms with Crippen LogP contribution in [-0.4, -0.2) is 16.5 Å². The van der Waals surface area contributed by atoms with Gasteiger partial charge in [-0.1, -0.05) is 32.1 Å². The van der Waals surface area contributed by atoms with Gasteiger partial charge in [0.2, 0.25) is 0 Å². The Labute approximate surface area is 156 Å². The van der Waals surface area contributed by atoms with Gasteiger partial charge in [-0.3, -0.25) is 10.1 Å². The Balaban J connectivity index is 1.67. The number of nitrogens with zero attached hydrogens (tertiary/aromatic N) is 2. The third-order valence-electron chi connectivity index (χ3n) is 3.86. The summed E-state index contributed by atoms with van der Waals surface area (Å²) in [5.41, 5.74) is 1.91. The fourth-order valence-corrected chi connectivity index (χ4v) is 3.27. The van der Waals surface area contributed by atoms with Gasteiger partial charge >= 0.3 is 0 Å². The zero-order chi connectivity index (χ0) is 18.5. The van der Waals surface area contributed by atoms with Crippen LogP contribution in [0.3, 0.4) is 0 Å². The van der Waals surface area contributed by atoms with Crippen LogP contribution < -0.4 is 4.74 Å². The lowest BCUT2D eigenvalue weighted by molar-refractivity contribution is -0.384. The van der Waals surface area contributed by atoms with Crippen LogP contribution in [-0.2, 0) is 0 Å². The van der Waals surface area contributed by atoms with Gasteiger partial charge in [-0.05, 0) is 42.2 Å². The molecule has 0 saturated carbocycles. The van der Waals surface area contributed by atoms with Gasteiger partial charge in [-0.15, -0.1) is 11.3 Å². The van der Waals surface area contributed by atoms with Crippen molar-refractivity contribution in [2.24, 2.45) is 5.92 Å². The van der Waals surface area contributed by atoms with Crippen molar-refractivity contribution in [1.82, 2.24) is 4.98 Å². The topological polar surface area (TPSA) is 65.3 Å². The summed E-state index contributed by atoms with van der Waals surface area (Å²) >= 11 is 1.44. The molecule has 6 heteroatoms. The van der Waals surface area contributed by atoms with E-state index in [1.807, 2.05) is 36.4 Å². The largest absolute Gasteiger partial charge is 0.494 e. The van der Waals surface area contributed by atoms with E-state index in [1.54, 1.807) is 12.1 Å². The van der Waals surface area contributed by atoms with Crippen molar-refractivity contribution in [2.45, 2.75) is 20.3 Å². The maximum atomic E-state index is 10.9. The van der Waals surface area contributed by atoms with Crippen LogP contribution in [0.5, 0.6) is 5.75 Å². The number of hydrogen-bond donors (Lipinski definition) is 0. The standard InChI is InChI=1S/C20H20N2O3S/c1-14(2)11-12-25-17-7-3-15(4-8-17)5-10-20-21-18-9-6-16(22(23)24)13-19(18)26-20/h3-10,13-14H,11-12H2,1-2H3. The zero-order valence-corrected chi connectivity index (χ0v) is 15.5. The van der Waals surface area contributed by atoms with Crippen LogP contribution in [0.2, 0.25) is 0 Å². The monoisotopic (exact) mass is 368 g/mol. The SMILES string of the molecule is CC(C)CCOc1ccc(C=Cc2nc3ccc([N+](=O)[O-])cc3s2)cc1. The van der Waals surface area contributed by atoms with Crippen molar-refractivity contribution >= 4 is 39.4 Å². The van der Waals surface area contributed by atoms with Gasteiger partial charge in [0.1, 0.15) is 10.8 Å². The fraction of sp³-hybridized carbons (Fsp3) is 0.250. The summed E-state index contributed by atoms with van der Waals surface area (Å²) in [7, 11) is 0. The molecule has 134 valence electrons. The number of ether oxygens (including phenoxy) is 1. The predicted molar refractivity (Wildman–Crippen MR) is 107 cm³/mol. The zero-order valence-electron chi connectivity index (χ0n) is 14.7. The van der Waals surface area contributed by atoms with Crippen molar-refractivity contribution in [3.63, 3.8) is 0 Å². The van der Waals surface area contributed by atoms with E-state index < -0.39 is 0 Å². The molecule has 2 aromatic carbocycles. The van der Waals surface area contributed by atoms with E-state index in [0.29, 0.717) is 5.92 Å². The first-order valence-electron chi connectivity index (χ1n) is 8.47. The highest BCUT2D eigenvalue weighted by Gasteiger charge is 2.09. The Morgan fingerprint density at radius 3 is 2.65 bits per heavy atom. The molecule has 5 nitrogen and oxygen atoms in total. The molecule has 0 aliphatic rings. The summed E-state index contributed by atoms with van der Waals surface area (Å²) in [6.07, 6.45) is 4.94. The summed E-state index contributed by atoms with van der Waals surface area (Å²) in [6, 6.07) is 12.6. The number of fused-ring (bicyclic) bond motifs is 1. The Morgan fingerprint density at radius 1 is 1.19 bits per heavy atom. The fourth-order valence-electron chi connectivity index (χ4n) is 2.37. The van der Waals surface area contributed by atoms with Gasteiger partial charge in [-0.25, -0.2) is 4.98 Å². The molecule has 0 N–H and O–H groups in total. The second-order valence-electron chi connectivity index (χ2n) is 6.39. The maximum absolute atomic E-state index is 10.9. The molecule has 1 aromatic heterocycles. The summed E-state index contributed by atoms with van der Waals surface area (Å²) in [6.45, 7) is 5.08. The van der Waals surface area contributed by atoms with E-state index in [-0.39, 0.29) is 10.6 Å². The van der Waals surface area contributed by atoms with Crippen LogP contribution in [0.1, 0.15) is 30.8 Å². The average molecular weight is 368 g/mol.